The molecule has 0 aliphatic rings. The standard InChI is InChI=1S/C19H23NO5/c1-24-18(22)10-6-5-9-17(21)20(23)13-15-12-11-14-7-3-4-8-16(14)19(15)25-2/h3-4,7-8,11-12,23H,5-6,9-10,13H2,1-2H3. The van der Waals surface area contributed by atoms with Gasteiger partial charge in [0.05, 0.1) is 20.8 Å². The number of amides is 1. The second-order valence-corrected chi connectivity index (χ2v) is 5.71. The Morgan fingerprint density at radius 3 is 2.48 bits per heavy atom. The number of benzene rings is 2. The van der Waals surface area contributed by atoms with E-state index in [0.717, 1.165) is 16.3 Å². The minimum Gasteiger partial charge on any atom is -0.496 e. The van der Waals surface area contributed by atoms with Crippen LogP contribution < -0.4 is 4.74 Å². The Labute approximate surface area is 146 Å². The van der Waals surface area contributed by atoms with Gasteiger partial charge >= 0.3 is 5.97 Å². The number of hydrogen-bond donors (Lipinski definition) is 1. The third-order valence-corrected chi connectivity index (χ3v) is 4.02. The number of nitrogens with zero attached hydrogens (tertiary/aromatic N) is 1. The first-order chi connectivity index (χ1) is 12.1. The molecule has 0 aliphatic carbocycles. The molecule has 2 aromatic rings. The maximum atomic E-state index is 12.0. The van der Waals surface area contributed by atoms with Gasteiger partial charge in [-0.3, -0.25) is 14.8 Å². The van der Waals surface area contributed by atoms with Gasteiger partial charge in [0.1, 0.15) is 5.75 Å². The zero-order valence-electron chi connectivity index (χ0n) is 14.5. The van der Waals surface area contributed by atoms with Crippen molar-refractivity contribution in [3.05, 3.63) is 42.0 Å². The predicted octanol–water partition coefficient (Wildman–Crippen LogP) is 3.30. The van der Waals surface area contributed by atoms with Crippen molar-refractivity contribution in [1.29, 1.82) is 0 Å². The Morgan fingerprint density at radius 2 is 1.76 bits per heavy atom. The average Bonchev–Trinajstić information content (AvgIpc) is 2.64. The van der Waals surface area contributed by atoms with E-state index < -0.39 is 0 Å². The monoisotopic (exact) mass is 345 g/mol. The number of esters is 1. The van der Waals surface area contributed by atoms with Gasteiger partial charge in [0.15, 0.2) is 0 Å². The van der Waals surface area contributed by atoms with E-state index in [1.807, 2.05) is 36.4 Å². The van der Waals surface area contributed by atoms with Gasteiger partial charge in [-0.2, -0.15) is 0 Å². The highest BCUT2D eigenvalue weighted by molar-refractivity contribution is 5.89. The normalized spacial score (nSPS) is 10.5. The summed E-state index contributed by atoms with van der Waals surface area (Å²) in [5, 5.41) is 12.7. The molecule has 0 saturated heterocycles. The van der Waals surface area contributed by atoms with Crippen LogP contribution in [0.2, 0.25) is 0 Å². The quantitative estimate of drug-likeness (QED) is 0.344. The van der Waals surface area contributed by atoms with Crippen LogP contribution in [-0.4, -0.2) is 36.4 Å². The summed E-state index contributed by atoms with van der Waals surface area (Å²) in [7, 11) is 2.90. The van der Waals surface area contributed by atoms with E-state index in [1.165, 1.54) is 7.11 Å². The molecule has 1 amide bonds. The molecule has 0 radical (unpaired) electrons. The molecule has 25 heavy (non-hydrogen) atoms. The van der Waals surface area contributed by atoms with Gasteiger partial charge in [0, 0.05) is 23.8 Å². The number of rotatable bonds is 8. The predicted molar refractivity (Wildman–Crippen MR) is 93.3 cm³/mol. The van der Waals surface area contributed by atoms with Crippen LogP contribution in [0.1, 0.15) is 31.2 Å². The SMILES string of the molecule is COC(=O)CCCCC(=O)N(O)Cc1ccc2ccccc2c1OC. The molecule has 0 aliphatic heterocycles. The van der Waals surface area contributed by atoms with Crippen LogP contribution in [0.25, 0.3) is 10.8 Å². The Hall–Kier alpha value is -2.60. The van der Waals surface area contributed by atoms with Crippen molar-refractivity contribution in [3.8, 4) is 5.75 Å². The number of carbonyl (C=O) groups excluding carboxylic acids is 2. The lowest BCUT2D eigenvalue weighted by molar-refractivity contribution is -0.168. The van der Waals surface area contributed by atoms with Crippen molar-refractivity contribution in [2.45, 2.75) is 32.2 Å². The molecule has 6 nitrogen and oxygen atoms in total. The smallest absolute Gasteiger partial charge is 0.305 e. The number of fused-ring (bicyclic) bond motifs is 1. The molecule has 1 N–H and O–H groups in total. The lowest BCUT2D eigenvalue weighted by Crippen LogP contribution is -2.26. The Morgan fingerprint density at radius 1 is 1.04 bits per heavy atom. The van der Waals surface area contributed by atoms with E-state index in [0.29, 0.717) is 23.7 Å². The zero-order chi connectivity index (χ0) is 18.2. The molecule has 0 unspecified atom stereocenters. The van der Waals surface area contributed by atoms with Crippen LogP contribution in [-0.2, 0) is 20.9 Å². The average molecular weight is 345 g/mol. The molecular formula is C19H23NO5. The van der Waals surface area contributed by atoms with Crippen LogP contribution in [0.5, 0.6) is 5.75 Å². The molecule has 2 aromatic carbocycles. The van der Waals surface area contributed by atoms with Crippen LogP contribution in [0.3, 0.4) is 0 Å². The van der Waals surface area contributed by atoms with Crippen LogP contribution >= 0.6 is 0 Å². The van der Waals surface area contributed by atoms with Gasteiger partial charge in [-0.1, -0.05) is 36.4 Å². The summed E-state index contributed by atoms with van der Waals surface area (Å²) < 4.78 is 10.0. The fourth-order valence-corrected chi connectivity index (χ4v) is 2.68. The topological polar surface area (TPSA) is 76.1 Å². The molecular weight excluding hydrogens is 322 g/mol. The van der Waals surface area contributed by atoms with E-state index in [-0.39, 0.29) is 31.3 Å². The number of hydroxylamine groups is 2. The largest absolute Gasteiger partial charge is 0.496 e. The first-order valence-electron chi connectivity index (χ1n) is 8.17. The molecule has 0 fully saturated rings. The van der Waals surface area contributed by atoms with Crippen LogP contribution in [0.15, 0.2) is 36.4 Å². The highest BCUT2D eigenvalue weighted by atomic mass is 16.5. The van der Waals surface area contributed by atoms with Crippen molar-refractivity contribution in [2.24, 2.45) is 0 Å². The first kappa shape index (κ1) is 18.7. The van der Waals surface area contributed by atoms with E-state index in [9.17, 15) is 14.8 Å². The molecule has 0 aromatic heterocycles. The van der Waals surface area contributed by atoms with Gasteiger partial charge in [-0.25, -0.2) is 5.06 Å². The van der Waals surface area contributed by atoms with Crippen molar-refractivity contribution >= 4 is 22.6 Å². The van der Waals surface area contributed by atoms with Crippen LogP contribution in [0, 0.1) is 0 Å². The summed E-state index contributed by atoms with van der Waals surface area (Å²) in [6, 6.07) is 11.5. The lowest BCUT2D eigenvalue weighted by atomic mass is 10.0. The molecule has 6 heteroatoms. The minimum absolute atomic E-state index is 0.0455. The van der Waals surface area contributed by atoms with Crippen molar-refractivity contribution < 1.29 is 24.3 Å². The van der Waals surface area contributed by atoms with Gasteiger partial charge in [-0.05, 0) is 18.2 Å². The fourth-order valence-electron chi connectivity index (χ4n) is 2.68. The zero-order valence-corrected chi connectivity index (χ0v) is 14.5. The fraction of sp³-hybridized carbons (Fsp3) is 0.368. The molecule has 134 valence electrons. The minimum atomic E-state index is -0.389. The second kappa shape index (κ2) is 9.03. The molecule has 0 atom stereocenters. The highest BCUT2D eigenvalue weighted by Crippen LogP contribution is 2.30. The Balaban J connectivity index is 1.97. The number of methoxy groups -OCH3 is 2. The van der Waals surface area contributed by atoms with Crippen LogP contribution in [0.4, 0.5) is 0 Å². The third kappa shape index (κ3) is 4.93. The number of carbonyl (C=O) groups is 2. The van der Waals surface area contributed by atoms with E-state index in [1.54, 1.807) is 7.11 Å². The summed E-state index contributed by atoms with van der Waals surface area (Å²) in [4.78, 5) is 23.1. The van der Waals surface area contributed by atoms with Gasteiger partial charge in [0.2, 0.25) is 5.91 Å². The van der Waals surface area contributed by atoms with Crippen molar-refractivity contribution in [3.63, 3.8) is 0 Å². The highest BCUT2D eigenvalue weighted by Gasteiger charge is 2.15. The summed E-state index contributed by atoms with van der Waals surface area (Å²) in [6.45, 7) is 0.0455. The van der Waals surface area contributed by atoms with Crippen molar-refractivity contribution in [2.75, 3.05) is 14.2 Å². The number of hydrogen-bond acceptors (Lipinski definition) is 5. The second-order valence-electron chi connectivity index (χ2n) is 5.71. The summed E-state index contributed by atoms with van der Waals surface area (Å²) in [5.41, 5.74) is 0.728. The Bertz CT molecular complexity index is 744. The molecule has 0 saturated carbocycles. The van der Waals surface area contributed by atoms with E-state index in [2.05, 4.69) is 4.74 Å². The summed E-state index contributed by atoms with van der Waals surface area (Å²) in [5.74, 6) is -0.0371. The molecule has 0 heterocycles. The van der Waals surface area contributed by atoms with Gasteiger partial charge < -0.3 is 9.47 Å². The third-order valence-electron chi connectivity index (χ3n) is 4.02. The van der Waals surface area contributed by atoms with Gasteiger partial charge in [-0.15, -0.1) is 0 Å². The van der Waals surface area contributed by atoms with E-state index in [4.69, 9.17) is 4.74 Å². The van der Waals surface area contributed by atoms with E-state index >= 15 is 0 Å². The maximum absolute atomic E-state index is 12.0. The molecule has 0 spiro atoms. The first-order valence-corrected chi connectivity index (χ1v) is 8.17. The molecule has 2 rings (SSSR count). The molecule has 0 bridgehead atoms. The summed E-state index contributed by atoms with van der Waals surface area (Å²) in [6.07, 6.45) is 1.50. The lowest BCUT2D eigenvalue weighted by Gasteiger charge is -2.18. The van der Waals surface area contributed by atoms with Gasteiger partial charge in [0.25, 0.3) is 0 Å². The maximum Gasteiger partial charge on any atom is 0.305 e. The Kier molecular flexibility index (Phi) is 6.77. The number of unbranched alkanes of at least 4 members (excludes halogenated alkanes) is 1. The summed E-state index contributed by atoms with van der Waals surface area (Å²) >= 11 is 0. The number of ether oxygens (including phenoxy) is 2. The van der Waals surface area contributed by atoms with Crippen molar-refractivity contribution in [1.82, 2.24) is 5.06 Å².